The number of nitrogens with zero attached hydrogens (tertiary/aromatic N) is 2. The normalized spacial score (nSPS) is 15.1. The monoisotopic (exact) mass is 347 g/mol. The number of rotatable bonds is 17. The Bertz CT molecular complexity index is 366. The summed E-state index contributed by atoms with van der Waals surface area (Å²) >= 11 is 0. The van der Waals surface area contributed by atoms with Crippen LogP contribution in [0.5, 0.6) is 0 Å². The zero-order chi connectivity index (χ0) is 18.0. The van der Waals surface area contributed by atoms with E-state index in [1.54, 1.807) is 0 Å². The van der Waals surface area contributed by atoms with Gasteiger partial charge in [0.15, 0.2) is 6.20 Å². The van der Waals surface area contributed by atoms with Gasteiger partial charge in [-0.25, -0.2) is 4.58 Å². The lowest BCUT2D eigenvalue weighted by molar-refractivity contribution is -0.304. The fourth-order valence-electron chi connectivity index (χ4n) is 3.44. The van der Waals surface area contributed by atoms with Crippen LogP contribution in [0.3, 0.4) is 0 Å². The van der Waals surface area contributed by atoms with Gasteiger partial charge >= 0.3 is 0 Å². The summed E-state index contributed by atoms with van der Waals surface area (Å²) in [6, 6.07) is 0. The third-order valence-electron chi connectivity index (χ3n) is 5.10. The highest BCUT2D eigenvalue weighted by Crippen LogP contribution is 2.14. The van der Waals surface area contributed by atoms with Gasteiger partial charge in [-0.3, -0.25) is 0 Å². The van der Waals surface area contributed by atoms with Gasteiger partial charge in [-0.05, 0) is 12.3 Å². The van der Waals surface area contributed by atoms with Crippen molar-refractivity contribution in [2.75, 3.05) is 0 Å². The topological polar surface area (TPSA) is 15.4 Å². The molecule has 0 saturated heterocycles. The highest BCUT2D eigenvalue weighted by atomic mass is 15.1. The summed E-state index contributed by atoms with van der Waals surface area (Å²) in [5, 5.41) is 0. The Labute approximate surface area is 157 Å². The first-order chi connectivity index (χ1) is 12.3. The predicted molar refractivity (Wildman–Crippen MR) is 113 cm³/mol. The Hall–Kier alpha value is -0.920. The van der Waals surface area contributed by atoms with Crippen molar-refractivity contribution in [1.82, 2.24) is 0 Å². The quantitative estimate of drug-likeness (QED) is 0.191. The molecule has 144 valence electrons. The van der Waals surface area contributed by atoms with Crippen LogP contribution in [0.15, 0.2) is 17.4 Å². The fourth-order valence-corrected chi connectivity index (χ4v) is 3.44. The molecule has 0 aliphatic carbocycles. The fraction of sp³-hybridized carbons (Fsp3) is 0.826. The van der Waals surface area contributed by atoms with Gasteiger partial charge < -0.3 is 0 Å². The van der Waals surface area contributed by atoms with E-state index in [9.17, 15) is 0 Å². The van der Waals surface area contributed by atoms with Crippen LogP contribution in [0.25, 0.3) is 0 Å². The van der Waals surface area contributed by atoms with Crippen molar-refractivity contribution in [1.29, 1.82) is 0 Å². The van der Waals surface area contributed by atoms with E-state index in [-0.39, 0.29) is 0 Å². The molecule has 1 rings (SSSR count). The molecule has 2 heteroatoms. The van der Waals surface area contributed by atoms with Gasteiger partial charge in [0.25, 0.3) is 6.34 Å². The van der Waals surface area contributed by atoms with Crippen molar-refractivity contribution in [2.45, 2.75) is 117 Å². The van der Waals surface area contributed by atoms with E-state index in [2.05, 4.69) is 29.6 Å². The van der Waals surface area contributed by atoms with Crippen molar-refractivity contribution in [3.05, 3.63) is 12.4 Å². The van der Waals surface area contributed by atoms with E-state index in [4.69, 9.17) is 0 Å². The average molecular weight is 348 g/mol. The first-order valence-electron chi connectivity index (χ1n) is 11.1. The number of hydrogen-bond acceptors (Lipinski definition) is 1. The van der Waals surface area contributed by atoms with Crippen LogP contribution < -0.4 is 0 Å². The minimum absolute atomic E-state index is 0.890. The minimum Gasteiger partial charge on any atom is -0.210 e. The van der Waals surface area contributed by atoms with E-state index in [1.165, 1.54) is 103 Å². The summed E-state index contributed by atoms with van der Waals surface area (Å²) in [5.41, 5.74) is 0. The molecule has 0 radical (unpaired) electrons. The first kappa shape index (κ1) is 22.1. The van der Waals surface area contributed by atoms with Crippen LogP contribution in [0.2, 0.25) is 0 Å². The third-order valence-corrected chi connectivity index (χ3v) is 5.10. The molecular weight excluding hydrogens is 304 g/mol. The van der Waals surface area contributed by atoms with Crippen LogP contribution >= 0.6 is 0 Å². The van der Waals surface area contributed by atoms with Gasteiger partial charge in [0.05, 0.1) is 6.21 Å². The molecule has 25 heavy (non-hydrogen) atoms. The summed E-state index contributed by atoms with van der Waals surface area (Å²) < 4.78 is 2.06. The van der Waals surface area contributed by atoms with Crippen LogP contribution in [0.4, 0.5) is 0 Å². The predicted octanol–water partition coefficient (Wildman–Crippen LogP) is 7.48. The largest absolute Gasteiger partial charge is 0.290 e. The number of unbranched alkanes of at least 4 members (excludes halogenated alkanes) is 14. The zero-order valence-corrected chi connectivity index (χ0v) is 17.1. The molecule has 0 aromatic rings. The van der Waals surface area contributed by atoms with E-state index in [0.29, 0.717) is 0 Å². The van der Waals surface area contributed by atoms with Gasteiger partial charge in [0, 0.05) is 6.42 Å². The highest BCUT2D eigenvalue weighted by Gasteiger charge is 1.98. The van der Waals surface area contributed by atoms with Crippen molar-refractivity contribution >= 4 is 12.6 Å². The van der Waals surface area contributed by atoms with Crippen LogP contribution in [0.1, 0.15) is 117 Å². The zero-order valence-electron chi connectivity index (χ0n) is 17.1. The molecule has 0 N–H and O–H groups in total. The molecule has 0 aromatic carbocycles. The molecule has 0 saturated carbocycles. The van der Waals surface area contributed by atoms with Crippen LogP contribution in [-0.2, 0) is 0 Å². The summed E-state index contributed by atoms with van der Waals surface area (Å²) in [6.07, 6.45) is 30.7. The Morgan fingerprint density at radius 2 is 1.20 bits per heavy atom. The molecule has 0 fully saturated rings. The molecule has 0 atom stereocenters. The van der Waals surface area contributed by atoms with Crippen molar-refractivity contribution < 1.29 is 4.58 Å². The summed E-state index contributed by atoms with van der Waals surface area (Å²) in [7, 11) is 0. The van der Waals surface area contributed by atoms with Crippen LogP contribution in [0, 0.1) is 5.92 Å². The van der Waals surface area contributed by atoms with Crippen LogP contribution in [-0.4, -0.2) is 17.1 Å². The summed E-state index contributed by atoms with van der Waals surface area (Å²) in [6.45, 7) is 4.67. The molecule has 2 nitrogen and oxygen atoms in total. The van der Waals surface area contributed by atoms with Gasteiger partial charge in [-0.2, -0.15) is 0 Å². The number of hydrogen-bond donors (Lipinski definition) is 0. The van der Waals surface area contributed by atoms with Gasteiger partial charge in [0.1, 0.15) is 6.20 Å². The van der Waals surface area contributed by atoms with E-state index < -0.39 is 0 Å². The van der Waals surface area contributed by atoms with E-state index in [1.807, 2.05) is 18.7 Å². The second-order valence-corrected chi connectivity index (χ2v) is 8.11. The maximum atomic E-state index is 4.05. The first-order valence-corrected chi connectivity index (χ1v) is 11.1. The molecular formula is C23H43N2+. The van der Waals surface area contributed by atoms with Gasteiger partial charge in [-0.15, -0.1) is 0 Å². The van der Waals surface area contributed by atoms with Gasteiger partial charge in [-0.1, -0.05) is 109 Å². The summed E-state index contributed by atoms with van der Waals surface area (Å²) in [5.74, 6) is 0.890. The number of aliphatic imine (C=N–C) groups is 1. The maximum Gasteiger partial charge on any atom is 0.290 e. The molecule has 0 bridgehead atoms. The van der Waals surface area contributed by atoms with Gasteiger partial charge in [0.2, 0.25) is 0 Å². The Balaban J connectivity index is 1.68. The van der Waals surface area contributed by atoms with Crippen molar-refractivity contribution in [3.63, 3.8) is 0 Å². The maximum absolute atomic E-state index is 4.05. The Kier molecular flexibility index (Phi) is 14.6. The lowest BCUT2D eigenvalue weighted by Gasteiger charge is -2.05. The molecule has 1 heterocycles. The lowest BCUT2D eigenvalue weighted by Crippen LogP contribution is -1.99. The molecule has 0 spiro atoms. The van der Waals surface area contributed by atoms with Crippen molar-refractivity contribution in [3.8, 4) is 0 Å². The molecule has 1 aliphatic heterocycles. The molecule has 0 amide bonds. The van der Waals surface area contributed by atoms with Crippen molar-refractivity contribution in [2.24, 2.45) is 10.9 Å². The average Bonchev–Trinajstić information content (AvgIpc) is 3.11. The highest BCUT2D eigenvalue weighted by molar-refractivity contribution is 5.61. The lowest BCUT2D eigenvalue weighted by atomic mass is 10.0. The smallest absolute Gasteiger partial charge is 0.210 e. The SMILES string of the molecule is CC(C)CCCCCCCCCCCCCCCCC=[N+]1C=CN=C1. The third kappa shape index (κ3) is 15.1. The molecule has 0 unspecified atom stereocenters. The second-order valence-electron chi connectivity index (χ2n) is 8.11. The summed E-state index contributed by atoms with van der Waals surface area (Å²) in [4.78, 5) is 4.05. The Morgan fingerprint density at radius 3 is 1.64 bits per heavy atom. The minimum atomic E-state index is 0.890. The molecule has 1 aliphatic rings. The second kappa shape index (κ2) is 16.5. The standard InChI is InChI=1S/C23H43N2/c1-23(2)18-16-14-12-10-8-6-4-3-5-7-9-11-13-15-17-20-25-21-19-24-22-25/h19-23H,3-18H2,1-2H3/q+1. The molecule has 0 aromatic heterocycles. The van der Waals surface area contributed by atoms with E-state index in [0.717, 1.165) is 5.92 Å². The Morgan fingerprint density at radius 1 is 0.720 bits per heavy atom. The van der Waals surface area contributed by atoms with E-state index >= 15 is 0 Å².